The minimum absolute atomic E-state index is 0.0352. The number of ether oxygens (including phenoxy) is 1. The van der Waals surface area contributed by atoms with Gasteiger partial charge < -0.3 is 20.1 Å². The van der Waals surface area contributed by atoms with Crippen LogP contribution in [-0.4, -0.2) is 45.1 Å². The van der Waals surface area contributed by atoms with E-state index < -0.39 is 29.4 Å². The van der Waals surface area contributed by atoms with Crippen LogP contribution in [-0.2, 0) is 16.8 Å². The fraction of sp³-hybridized carbons (Fsp3) is 0.464. The van der Waals surface area contributed by atoms with E-state index >= 15 is 0 Å². The van der Waals surface area contributed by atoms with E-state index in [2.05, 4.69) is 15.3 Å². The second-order valence-corrected chi connectivity index (χ2v) is 10.3. The van der Waals surface area contributed by atoms with Crippen molar-refractivity contribution in [3.05, 3.63) is 58.2 Å². The van der Waals surface area contributed by atoms with E-state index in [1.165, 1.54) is 19.1 Å². The van der Waals surface area contributed by atoms with Crippen molar-refractivity contribution in [1.29, 1.82) is 0 Å². The summed E-state index contributed by atoms with van der Waals surface area (Å²) in [6.45, 7) is 7.72. The lowest BCUT2D eigenvalue weighted by Crippen LogP contribution is -2.49. The van der Waals surface area contributed by atoms with Crippen molar-refractivity contribution < 1.29 is 27.8 Å². The largest absolute Gasteiger partial charge is 0.492 e. The van der Waals surface area contributed by atoms with E-state index in [9.17, 15) is 23.1 Å². The van der Waals surface area contributed by atoms with Crippen LogP contribution < -0.4 is 10.1 Å². The lowest BCUT2D eigenvalue weighted by Gasteiger charge is -2.43. The highest BCUT2D eigenvalue weighted by Gasteiger charge is 2.42. The van der Waals surface area contributed by atoms with Crippen LogP contribution in [0.25, 0.3) is 10.9 Å². The summed E-state index contributed by atoms with van der Waals surface area (Å²) in [5.41, 5.74) is 0.357. The average molecular weight is 529 g/mol. The Balaban J connectivity index is 1.60. The lowest BCUT2D eigenvalue weighted by atomic mass is 9.79. The maximum absolute atomic E-state index is 14.9. The van der Waals surface area contributed by atoms with Crippen LogP contribution in [0.2, 0.25) is 0 Å². The zero-order chi connectivity index (χ0) is 27.4. The van der Waals surface area contributed by atoms with Gasteiger partial charge in [0.2, 0.25) is 5.91 Å². The Labute approximate surface area is 219 Å². The van der Waals surface area contributed by atoms with Crippen LogP contribution >= 0.6 is 0 Å². The van der Waals surface area contributed by atoms with Gasteiger partial charge in [-0.05, 0) is 33.3 Å². The lowest BCUT2D eigenvalue weighted by molar-refractivity contribution is -0.137. The van der Waals surface area contributed by atoms with Gasteiger partial charge in [-0.25, -0.2) is 23.1 Å². The second-order valence-electron chi connectivity index (χ2n) is 10.3. The number of likely N-dealkylation sites (tertiary alicyclic amines) is 1. The number of benzene rings is 2. The summed E-state index contributed by atoms with van der Waals surface area (Å²) in [4.78, 5) is 23.0. The van der Waals surface area contributed by atoms with Gasteiger partial charge in [-0.15, -0.1) is 0 Å². The molecule has 2 aliphatic heterocycles. The summed E-state index contributed by atoms with van der Waals surface area (Å²) in [6.07, 6.45) is -1.64. The van der Waals surface area contributed by atoms with Gasteiger partial charge in [0.1, 0.15) is 23.2 Å². The SMILES string of the molecule is CC(=O)N1CC[C@@](O)(c2cc3c(N[C@H](C)c4cccc(C(F)F)c4F)nc(C)nc3c3c2OCC3)C[C@H]1C. The van der Waals surface area contributed by atoms with Crippen molar-refractivity contribution in [3.63, 3.8) is 0 Å². The highest BCUT2D eigenvalue weighted by Crippen LogP contribution is 2.47. The molecule has 1 amide bonds. The standard InChI is InChI=1S/C28H31F3N4O3/c1-14-13-28(37,9-10-35(14)17(4)36)22-12-21-24(20-8-11-38-25(20)22)33-16(3)34-27(21)32-15(2)18-6-5-7-19(23(18)29)26(30)31/h5-7,12,14-15,26,37H,8-11,13H2,1-4H3,(H,32,33,34)/t14-,15-,28+/m1/s1. The molecule has 10 heteroatoms. The van der Waals surface area contributed by atoms with Crippen molar-refractivity contribution in [1.82, 2.24) is 14.9 Å². The summed E-state index contributed by atoms with van der Waals surface area (Å²) in [7, 11) is 0. The van der Waals surface area contributed by atoms with E-state index in [0.717, 1.165) is 11.6 Å². The molecule has 0 unspecified atom stereocenters. The zero-order valence-electron chi connectivity index (χ0n) is 21.8. The van der Waals surface area contributed by atoms with E-state index in [1.54, 1.807) is 18.7 Å². The first-order valence-electron chi connectivity index (χ1n) is 12.8. The monoisotopic (exact) mass is 528 g/mol. The highest BCUT2D eigenvalue weighted by molar-refractivity contribution is 5.94. The molecule has 1 saturated heterocycles. The highest BCUT2D eigenvalue weighted by atomic mass is 19.3. The number of nitrogens with one attached hydrogen (secondary N) is 1. The molecular formula is C28H31F3N4O3. The predicted molar refractivity (Wildman–Crippen MR) is 137 cm³/mol. The normalized spacial score (nSPS) is 21.9. The number of hydrogen-bond donors (Lipinski definition) is 2. The quantitative estimate of drug-likeness (QED) is 0.465. The Morgan fingerprint density at radius 2 is 2.03 bits per heavy atom. The van der Waals surface area contributed by atoms with Crippen LogP contribution in [0.4, 0.5) is 19.0 Å². The van der Waals surface area contributed by atoms with Crippen molar-refractivity contribution in [3.8, 4) is 5.75 Å². The summed E-state index contributed by atoms with van der Waals surface area (Å²) < 4.78 is 47.5. The number of anilines is 1. The number of alkyl halides is 2. The Morgan fingerprint density at radius 1 is 1.29 bits per heavy atom. The third-order valence-electron chi connectivity index (χ3n) is 7.70. The van der Waals surface area contributed by atoms with Gasteiger partial charge in [0.05, 0.1) is 29.3 Å². The molecule has 0 bridgehead atoms. The minimum atomic E-state index is -2.92. The number of carbonyl (C=O) groups is 1. The van der Waals surface area contributed by atoms with Crippen molar-refractivity contribution in [2.75, 3.05) is 18.5 Å². The predicted octanol–water partition coefficient (Wildman–Crippen LogP) is 5.34. The number of halogens is 3. The third kappa shape index (κ3) is 4.44. The minimum Gasteiger partial charge on any atom is -0.492 e. The van der Waals surface area contributed by atoms with Gasteiger partial charge in [-0.1, -0.05) is 18.2 Å². The van der Waals surface area contributed by atoms with E-state index in [1.807, 2.05) is 13.0 Å². The topological polar surface area (TPSA) is 87.6 Å². The first kappa shape index (κ1) is 26.2. The van der Waals surface area contributed by atoms with Gasteiger partial charge in [0, 0.05) is 54.4 Å². The first-order chi connectivity index (χ1) is 18.0. The van der Waals surface area contributed by atoms with Gasteiger partial charge in [0.15, 0.2) is 0 Å². The van der Waals surface area contributed by atoms with E-state index in [-0.39, 0.29) is 17.5 Å². The number of piperidine rings is 1. The van der Waals surface area contributed by atoms with Gasteiger partial charge in [-0.2, -0.15) is 0 Å². The Morgan fingerprint density at radius 3 is 2.71 bits per heavy atom. The van der Waals surface area contributed by atoms with E-state index in [0.29, 0.717) is 66.3 Å². The van der Waals surface area contributed by atoms with Crippen molar-refractivity contribution >= 4 is 22.6 Å². The van der Waals surface area contributed by atoms with Crippen LogP contribution in [0, 0.1) is 12.7 Å². The molecule has 5 rings (SSSR count). The number of nitrogens with zero attached hydrogens (tertiary/aromatic N) is 3. The van der Waals surface area contributed by atoms with Crippen molar-refractivity contribution in [2.24, 2.45) is 0 Å². The van der Waals surface area contributed by atoms with Crippen LogP contribution in [0.1, 0.15) is 74.2 Å². The molecule has 38 heavy (non-hydrogen) atoms. The second kappa shape index (κ2) is 9.72. The molecule has 202 valence electrons. The van der Waals surface area contributed by atoms with Gasteiger partial charge in [-0.3, -0.25) is 4.79 Å². The first-order valence-corrected chi connectivity index (χ1v) is 12.8. The summed E-state index contributed by atoms with van der Waals surface area (Å²) in [5.74, 6) is 0.518. The molecule has 3 atom stereocenters. The summed E-state index contributed by atoms with van der Waals surface area (Å²) in [6, 6.07) is 4.93. The molecular weight excluding hydrogens is 497 g/mol. The fourth-order valence-corrected chi connectivity index (χ4v) is 5.83. The number of aliphatic hydroxyl groups is 1. The van der Waals surface area contributed by atoms with Crippen molar-refractivity contribution in [2.45, 2.75) is 71.1 Å². The fourth-order valence-electron chi connectivity index (χ4n) is 5.83. The molecule has 7 nitrogen and oxygen atoms in total. The number of carbonyl (C=O) groups excluding carboxylic acids is 1. The number of aryl methyl sites for hydroxylation is 1. The zero-order valence-corrected chi connectivity index (χ0v) is 21.8. The number of amides is 1. The smallest absolute Gasteiger partial charge is 0.266 e. The Kier molecular flexibility index (Phi) is 6.71. The maximum Gasteiger partial charge on any atom is 0.266 e. The Hall–Kier alpha value is -3.40. The van der Waals surface area contributed by atoms with Gasteiger partial charge >= 0.3 is 0 Å². The number of hydrogen-bond acceptors (Lipinski definition) is 6. The van der Waals surface area contributed by atoms with E-state index in [4.69, 9.17) is 4.74 Å². The molecule has 2 aromatic carbocycles. The molecule has 3 heterocycles. The summed E-state index contributed by atoms with van der Waals surface area (Å²) in [5, 5.41) is 15.7. The van der Waals surface area contributed by atoms with Crippen LogP contribution in [0.3, 0.4) is 0 Å². The number of fused-ring (bicyclic) bond motifs is 3. The molecule has 2 aliphatic rings. The average Bonchev–Trinajstić information content (AvgIpc) is 3.33. The molecule has 0 saturated carbocycles. The van der Waals surface area contributed by atoms with Crippen LogP contribution in [0.5, 0.6) is 5.75 Å². The van der Waals surface area contributed by atoms with Gasteiger partial charge in [0.25, 0.3) is 6.43 Å². The van der Waals surface area contributed by atoms with Crippen LogP contribution in [0.15, 0.2) is 24.3 Å². The Bertz CT molecular complexity index is 1420. The molecule has 1 fully saturated rings. The number of rotatable bonds is 5. The molecule has 0 radical (unpaired) electrons. The summed E-state index contributed by atoms with van der Waals surface area (Å²) >= 11 is 0. The maximum atomic E-state index is 14.9. The molecule has 3 aromatic rings. The number of aromatic nitrogens is 2. The third-order valence-corrected chi connectivity index (χ3v) is 7.70. The molecule has 1 aromatic heterocycles. The molecule has 0 aliphatic carbocycles. The molecule has 0 spiro atoms. The molecule has 2 N–H and O–H groups in total.